The summed E-state index contributed by atoms with van der Waals surface area (Å²) in [4.78, 5) is 1.20. The Kier molecular flexibility index (Phi) is 5.17. The van der Waals surface area contributed by atoms with Crippen LogP contribution in [0.3, 0.4) is 0 Å². The fraction of sp³-hybridized carbons (Fsp3) is 0.167. The number of thiophene rings is 1. The van der Waals surface area contributed by atoms with Gasteiger partial charge in [0.2, 0.25) is 0 Å². The Morgan fingerprint density at radius 2 is 2.00 bits per heavy atom. The highest BCUT2D eigenvalue weighted by molar-refractivity contribution is 9.11. The van der Waals surface area contributed by atoms with Crippen LogP contribution in [0.4, 0.5) is 0 Å². The molecule has 96 valence electrons. The molecule has 0 radical (unpaired) electrons. The first-order valence-corrected chi connectivity index (χ1v) is 8.64. The zero-order chi connectivity index (χ0) is 13.3. The van der Waals surface area contributed by atoms with Gasteiger partial charge in [0.25, 0.3) is 0 Å². The minimum Gasteiger partial charge on any atom is -0.496 e. The highest BCUT2D eigenvalue weighted by Gasteiger charge is 2.18. The summed E-state index contributed by atoms with van der Waals surface area (Å²) in [6.07, 6.45) is 0. The fourth-order valence-electron chi connectivity index (χ4n) is 1.54. The number of methoxy groups -OCH3 is 1. The summed E-state index contributed by atoms with van der Waals surface area (Å²) in [5, 5.41) is 0.732. The molecule has 0 amide bonds. The van der Waals surface area contributed by atoms with E-state index < -0.39 is 0 Å². The molecule has 0 saturated heterocycles. The van der Waals surface area contributed by atoms with Crippen LogP contribution in [0.1, 0.15) is 15.3 Å². The van der Waals surface area contributed by atoms with Gasteiger partial charge in [0.1, 0.15) is 5.75 Å². The van der Waals surface area contributed by atoms with Crippen LogP contribution < -0.4 is 4.74 Å². The molecule has 1 aromatic heterocycles. The molecule has 6 heteroatoms. The molecular formula is C12H8Br3ClOS. The standard InChI is InChI=1S/C12H8Br3ClOS/c1-17-9-4-6(13)2-3-7(9)11(14)10-5-8(16)12(15)18-10/h2-5,11H,1H3. The molecule has 1 unspecified atom stereocenters. The molecule has 2 aromatic rings. The third kappa shape index (κ3) is 3.12. The van der Waals surface area contributed by atoms with Crippen molar-refractivity contribution >= 4 is 70.7 Å². The average molecular weight is 475 g/mol. The molecule has 0 spiro atoms. The predicted octanol–water partition coefficient (Wildman–Crippen LogP) is 6.42. The van der Waals surface area contributed by atoms with E-state index in [1.165, 1.54) is 0 Å². The van der Waals surface area contributed by atoms with Crippen LogP contribution in [0.2, 0.25) is 5.02 Å². The first-order chi connectivity index (χ1) is 8.52. The van der Waals surface area contributed by atoms with Gasteiger partial charge in [-0.1, -0.05) is 49.5 Å². The first kappa shape index (κ1) is 14.9. The molecule has 2 rings (SSSR count). The lowest BCUT2D eigenvalue weighted by Gasteiger charge is -2.13. The maximum absolute atomic E-state index is 6.06. The molecule has 0 saturated carbocycles. The van der Waals surface area contributed by atoms with Crippen molar-refractivity contribution in [2.24, 2.45) is 0 Å². The van der Waals surface area contributed by atoms with Gasteiger partial charge >= 0.3 is 0 Å². The maximum atomic E-state index is 6.06. The number of hydrogen-bond donors (Lipinski definition) is 0. The van der Waals surface area contributed by atoms with Gasteiger partial charge in [-0.3, -0.25) is 0 Å². The topological polar surface area (TPSA) is 9.23 Å². The van der Waals surface area contributed by atoms with Crippen molar-refractivity contribution in [2.75, 3.05) is 7.11 Å². The summed E-state index contributed by atoms with van der Waals surface area (Å²) in [5.41, 5.74) is 1.08. The van der Waals surface area contributed by atoms with Crippen LogP contribution in [0.25, 0.3) is 0 Å². The van der Waals surface area contributed by atoms with Gasteiger partial charge in [-0.15, -0.1) is 11.3 Å². The zero-order valence-electron chi connectivity index (χ0n) is 9.22. The molecule has 18 heavy (non-hydrogen) atoms. The van der Waals surface area contributed by atoms with Crippen LogP contribution in [0, 0.1) is 0 Å². The molecule has 1 aromatic carbocycles. The summed E-state index contributed by atoms with van der Waals surface area (Å²) < 4.78 is 7.34. The minimum atomic E-state index is 0.0642. The Hall–Kier alpha value is 0.450. The Bertz CT molecular complexity index is 551. The Morgan fingerprint density at radius 1 is 1.28 bits per heavy atom. The molecule has 0 aliphatic carbocycles. The summed E-state index contributed by atoms with van der Waals surface area (Å²) >= 11 is 18.2. The van der Waals surface area contributed by atoms with E-state index in [2.05, 4.69) is 47.8 Å². The summed E-state index contributed by atoms with van der Waals surface area (Å²) in [7, 11) is 1.67. The Morgan fingerprint density at radius 3 is 2.56 bits per heavy atom. The van der Waals surface area contributed by atoms with Crippen molar-refractivity contribution in [3.05, 3.63) is 48.0 Å². The number of rotatable bonds is 3. The molecule has 1 nitrogen and oxygen atoms in total. The average Bonchev–Trinajstić information content (AvgIpc) is 2.68. The van der Waals surface area contributed by atoms with Gasteiger partial charge < -0.3 is 4.74 Å². The van der Waals surface area contributed by atoms with E-state index in [1.54, 1.807) is 18.4 Å². The molecule has 0 aliphatic rings. The van der Waals surface area contributed by atoms with E-state index in [0.29, 0.717) is 0 Å². The molecule has 1 atom stereocenters. The Balaban J connectivity index is 2.42. The van der Waals surface area contributed by atoms with E-state index in [-0.39, 0.29) is 4.83 Å². The van der Waals surface area contributed by atoms with Crippen molar-refractivity contribution < 1.29 is 4.74 Å². The summed E-state index contributed by atoms with van der Waals surface area (Å²) in [6.45, 7) is 0. The van der Waals surface area contributed by atoms with Gasteiger partial charge in [0.15, 0.2) is 0 Å². The highest BCUT2D eigenvalue weighted by Crippen LogP contribution is 2.44. The van der Waals surface area contributed by atoms with Crippen molar-refractivity contribution in [1.82, 2.24) is 0 Å². The van der Waals surface area contributed by atoms with E-state index in [9.17, 15) is 0 Å². The highest BCUT2D eigenvalue weighted by atomic mass is 79.9. The SMILES string of the molecule is COc1cc(Br)ccc1C(Br)c1cc(Cl)c(Br)s1. The molecule has 0 fully saturated rings. The number of halogens is 4. The van der Waals surface area contributed by atoms with Crippen molar-refractivity contribution in [1.29, 1.82) is 0 Å². The summed E-state index contributed by atoms with van der Waals surface area (Å²) in [6, 6.07) is 7.94. The number of benzene rings is 1. The van der Waals surface area contributed by atoms with E-state index >= 15 is 0 Å². The van der Waals surface area contributed by atoms with Crippen LogP contribution in [-0.4, -0.2) is 7.11 Å². The number of alkyl halides is 1. The second-order valence-corrected chi connectivity index (χ2v) is 8.16. The van der Waals surface area contributed by atoms with Gasteiger partial charge in [0.05, 0.1) is 20.7 Å². The quantitative estimate of drug-likeness (QED) is 0.466. The van der Waals surface area contributed by atoms with Crippen molar-refractivity contribution in [2.45, 2.75) is 4.83 Å². The van der Waals surface area contributed by atoms with Crippen LogP contribution >= 0.6 is 70.7 Å². The predicted molar refractivity (Wildman–Crippen MR) is 88.5 cm³/mol. The normalized spacial score (nSPS) is 12.5. The smallest absolute Gasteiger partial charge is 0.124 e. The molecule has 0 N–H and O–H groups in total. The second-order valence-electron chi connectivity index (χ2n) is 3.52. The maximum Gasteiger partial charge on any atom is 0.124 e. The third-order valence-electron chi connectivity index (χ3n) is 2.38. The van der Waals surface area contributed by atoms with Crippen LogP contribution in [0.5, 0.6) is 5.75 Å². The first-order valence-electron chi connectivity index (χ1n) is 4.95. The van der Waals surface area contributed by atoms with Crippen LogP contribution in [-0.2, 0) is 0 Å². The zero-order valence-corrected chi connectivity index (χ0v) is 15.5. The Labute approximate surface area is 140 Å². The molecular weight excluding hydrogens is 467 g/mol. The van der Waals surface area contributed by atoms with Crippen molar-refractivity contribution in [3.8, 4) is 5.75 Å². The lowest BCUT2D eigenvalue weighted by Crippen LogP contribution is -1.95. The van der Waals surface area contributed by atoms with Gasteiger partial charge in [-0.2, -0.15) is 0 Å². The third-order valence-corrected chi connectivity index (χ3v) is 6.70. The van der Waals surface area contributed by atoms with Crippen molar-refractivity contribution in [3.63, 3.8) is 0 Å². The summed E-state index contributed by atoms with van der Waals surface area (Å²) in [5.74, 6) is 0.840. The number of hydrogen-bond acceptors (Lipinski definition) is 2. The van der Waals surface area contributed by atoms with E-state index in [4.69, 9.17) is 16.3 Å². The second kappa shape index (κ2) is 6.27. The molecule has 0 bridgehead atoms. The molecule has 1 heterocycles. The van der Waals surface area contributed by atoms with Gasteiger partial charge in [0, 0.05) is 14.9 Å². The fourth-order valence-corrected chi connectivity index (χ4v) is 4.41. The minimum absolute atomic E-state index is 0.0642. The lowest BCUT2D eigenvalue weighted by molar-refractivity contribution is 0.410. The van der Waals surface area contributed by atoms with Gasteiger partial charge in [-0.25, -0.2) is 0 Å². The lowest BCUT2D eigenvalue weighted by atomic mass is 10.1. The number of ether oxygens (including phenoxy) is 1. The largest absolute Gasteiger partial charge is 0.496 e. The van der Waals surface area contributed by atoms with E-state index in [1.807, 2.05) is 24.3 Å². The molecule has 0 aliphatic heterocycles. The monoisotopic (exact) mass is 472 g/mol. The van der Waals surface area contributed by atoms with Crippen LogP contribution in [0.15, 0.2) is 32.5 Å². The van der Waals surface area contributed by atoms with E-state index in [0.717, 1.165) is 29.5 Å². The van der Waals surface area contributed by atoms with Gasteiger partial charge in [-0.05, 0) is 34.1 Å².